The lowest BCUT2D eigenvalue weighted by Crippen LogP contribution is -2.17. The predicted octanol–water partition coefficient (Wildman–Crippen LogP) is 0.151. The second-order valence-corrected chi connectivity index (χ2v) is 2.55. The van der Waals surface area contributed by atoms with Crippen molar-refractivity contribution in [3.05, 3.63) is 29.8 Å². The number of rotatable bonds is 4. The van der Waals surface area contributed by atoms with Crippen LogP contribution in [0, 0.1) is 6.07 Å². The van der Waals surface area contributed by atoms with E-state index in [0.717, 1.165) is 11.3 Å². The lowest BCUT2D eigenvalue weighted by atomic mass is 10.2. The van der Waals surface area contributed by atoms with E-state index in [1.54, 1.807) is 12.1 Å². The van der Waals surface area contributed by atoms with E-state index in [-0.39, 0.29) is 6.61 Å². The minimum Gasteiger partial charge on any atom is -0.399 e. The quantitative estimate of drug-likeness (QED) is 0.439. The molecule has 0 aliphatic carbocycles. The molecule has 1 rings (SSSR count). The number of aliphatic hydroxyl groups excluding tert-OH is 1. The van der Waals surface area contributed by atoms with Gasteiger partial charge in [-0.1, -0.05) is 6.07 Å². The first kappa shape index (κ1) is 9.03. The SMILES string of the molecule is Nc1cc[c]c(CNCCO)c1. The summed E-state index contributed by atoms with van der Waals surface area (Å²) in [5, 5.41) is 11.5. The highest BCUT2D eigenvalue weighted by Gasteiger charge is 1.92. The van der Waals surface area contributed by atoms with Crippen molar-refractivity contribution in [3.8, 4) is 0 Å². The van der Waals surface area contributed by atoms with Gasteiger partial charge in [0.1, 0.15) is 0 Å². The lowest BCUT2D eigenvalue weighted by molar-refractivity contribution is 0.292. The van der Waals surface area contributed by atoms with Gasteiger partial charge in [0, 0.05) is 18.8 Å². The molecule has 0 aromatic heterocycles. The van der Waals surface area contributed by atoms with E-state index < -0.39 is 0 Å². The number of nitrogens with two attached hydrogens (primary N) is 1. The van der Waals surface area contributed by atoms with Crippen LogP contribution in [0.15, 0.2) is 18.2 Å². The molecule has 1 radical (unpaired) electrons. The number of nitrogens with one attached hydrogen (secondary N) is 1. The monoisotopic (exact) mass is 165 g/mol. The van der Waals surface area contributed by atoms with Gasteiger partial charge in [0.2, 0.25) is 0 Å². The summed E-state index contributed by atoms with van der Waals surface area (Å²) in [5.74, 6) is 0. The van der Waals surface area contributed by atoms with Crippen molar-refractivity contribution in [3.63, 3.8) is 0 Å². The molecule has 0 amide bonds. The van der Waals surface area contributed by atoms with Crippen LogP contribution < -0.4 is 11.1 Å². The smallest absolute Gasteiger partial charge is 0.0556 e. The summed E-state index contributed by atoms with van der Waals surface area (Å²) in [6.45, 7) is 1.45. The zero-order valence-electron chi connectivity index (χ0n) is 6.88. The summed E-state index contributed by atoms with van der Waals surface area (Å²) in [6, 6.07) is 8.51. The fourth-order valence-electron chi connectivity index (χ4n) is 0.940. The maximum atomic E-state index is 8.50. The van der Waals surface area contributed by atoms with Gasteiger partial charge in [-0.15, -0.1) is 0 Å². The number of hydrogen-bond donors (Lipinski definition) is 3. The second kappa shape index (κ2) is 4.74. The van der Waals surface area contributed by atoms with E-state index >= 15 is 0 Å². The molecular formula is C9H13N2O. The van der Waals surface area contributed by atoms with E-state index in [9.17, 15) is 0 Å². The van der Waals surface area contributed by atoms with E-state index in [1.165, 1.54) is 0 Å². The summed E-state index contributed by atoms with van der Waals surface area (Å²) in [6.07, 6.45) is 0. The van der Waals surface area contributed by atoms with Crippen molar-refractivity contribution >= 4 is 5.69 Å². The summed E-state index contributed by atoms with van der Waals surface area (Å²) in [4.78, 5) is 0. The Morgan fingerprint density at radius 3 is 3.08 bits per heavy atom. The summed E-state index contributed by atoms with van der Waals surface area (Å²) in [7, 11) is 0. The Kier molecular flexibility index (Phi) is 3.57. The molecule has 0 unspecified atom stereocenters. The van der Waals surface area contributed by atoms with Crippen molar-refractivity contribution < 1.29 is 5.11 Å². The fourth-order valence-corrected chi connectivity index (χ4v) is 0.940. The minimum atomic E-state index is 0.155. The highest BCUT2D eigenvalue weighted by molar-refractivity contribution is 5.39. The molecule has 0 saturated carbocycles. The molecule has 0 atom stereocenters. The molecule has 3 heteroatoms. The largest absolute Gasteiger partial charge is 0.399 e. The first-order valence-electron chi connectivity index (χ1n) is 3.90. The van der Waals surface area contributed by atoms with Crippen LogP contribution in [0.5, 0.6) is 0 Å². The first-order chi connectivity index (χ1) is 5.83. The Morgan fingerprint density at radius 2 is 2.42 bits per heavy atom. The molecule has 65 valence electrons. The molecule has 0 aliphatic rings. The van der Waals surface area contributed by atoms with Crippen LogP contribution in [-0.4, -0.2) is 18.3 Å². The first-order valence-corrected chi connectivity index (χ1v) is 3.90. The number of anilines is 1. The number of benzene rings is 1. The van der Waals surface area contributed by atoms with Crippen LogP contribution in [0.1, 0.15) is 5.56 Å². The van der Waals surface area contributed by atoms with E-state index in [0.29, 0.717) is 13.1 Å². The van der Waals surface area contributed by atoms with Gasteiger partial charge in [0.25, 0.3) is 0 Å². The van der Waals surface area contributed by atoms with E-state index in [1.807, 2.05) is 6.07 Å². The van der Waals surface area contributed by atoms with Gasteiger partial charge in [0.15, 0.2) is 0 Å². The molecular weight excluding hydrogens is 152 g/mol. The highest BCUT2D eigenvalue weighted by Crippen LogP contribution is 2.04. The Labute approximate surface area is 72.2 Å². The maximum Gasteiger partial charge on any atom is 0.0556 e. The Bertz CT molecular complexity index is 238. The van der Waals surface area contributed by atoms with Crippen molar-refractivity contribution in [2.24, 2.45) is 0 Å². The average molecular weight is 165 g/mol. The average Bonchev–Trinajstić information content (AvgIpc) is 2.05. The Morgan fingerprint density at radius 1 is 1.58 bits per heavy atom. The zero-order chi connectivity index (χ0) is 8.81. The molecule has 0 bridgehead atoms. The third-order valence-electron chi connectivity index (χ3n) is 1.49. The van der Waals surface area contributed by atoms with Crippen molar-refractivity contribution in [1.29, 1.82) is 0 Å². The van der Waals surface area contributed by atoms with Gasteiger partial charge in [-0.2, -0.15) is 0 Å². The number of hydrogen-bond acceptors (Lipinski definition) is 3. The second-order valence-electron chi connectivity index (χ2n) is 2.55. The minimum absolute atomic E-state index is 0.155. The van der Waals surface area contributed by atoms with Crippen LogP contribution in [0.4, 0.5) is 5.69 Å². The predicted molar refractivity (Wildman–Crippen MR) is 48.5 cm³/mol. The van der Waals surface area contributed by atoms with Crippen LogP contribution in [0.2, 0.25) is 0 Å². The Balaban J connectivity index is 2.41. The van der Waals surface area contributed by atoms with Crippen LogP contribution >= 0.6 is 0 Å². The number of nitrogen functional groups attached to an aromatic ring is 1. The van der Waals surface area contributed by atoms with Crippen LogP contribution in [-0.2, 0) is 6.54 Å². The molecule has 3 nitrogen and oxygen atoms in total. The summed E-state index contributed by atoms with van der Waals surface area (Å²) < 4.78 is 0. The van der Waals surface area contributed by atoms with Gasteiger partial charge in [-0.3, -0.25) is 0 Å². The fraction of sp³-hybridized carbons (Fsp3) is 0.333. The molecule has 1 aromatic rings. The van der Waals surface area contributed by atoms with Gasteiger partial charge < -0.3 is 16.2 Å². The summed E-state index contributed by atoms with van der Waals surface area (Å²) in [5.41, 5.74) is 7.33. The van der Waals surface area contributed by atoms with Gasteiger partial charge in [-0.05, 0) is 23.8 Å². The van der Waals surface area contributed by atoms with Crippen molar-refractivity contribution in [2.75, 3.05) is 18.9 Å². The topological polar surface area (TPSA) is 58.3 Å². The number of aliphatic hydroxyl groups is 1. The molecule has 0 saturated heterocycles. The van der Waals surface area contributed by atoms with Gasteiger partial charge in [-0.25, -0.2) is 0 Å². The zero-order valence-corrected chi connectivity index (χ0v) is 6.88. The van der Waals surface area contributed by atoms with Crippen LogP contribution in [0.25, 0.3) is 0 Å². The molecule has 1 aromatic carbocycles. The van der Waals surface area contributed by atoms with Gasteiger partial charge >= 0.3 is 0 Å². The summed E-state index contributed by atoms with van der Waals surface area (Å²) >= 11 is 0. The molecule has 0 spiro atoms. The normalized spacial score (nSPS) is 10.1. The molecule has 12 heavy (non-hydrogen) atoms. The third-order valence-corrected chi connectivity index (χ3v) is 1.49. The van der Waals surface area contributed by atoms with E-state index in [2.05, 4.69) is 11.4 Å². The molecule has 0 aliphatic heterocycles. The maximum absolute atomic E-state index is 8.50. The van der Waals surface area contributed by atoms with E-state index in [4.69, 9.17) is 10.8 Å². The highest BCUT2D eigenvalue weighted by atomic mass is 16.3. The lowest BCUT2D eigenvalue weighted by Gasteiger charge is -2.02. The molecule has 0 fully saturated rings. The van der Waals surface area contributed by atoms with Crippen molar-refractivity contribution in [1.82, 2.24) is 5.32 Å². The van der Waals surface area contributed by atoms with Crippen LogP contribution in [0.3, 0.4) is 0 Å². The molecule has 4 N–H and O–H groups in total. The van der Waals surface area contributed by atoms with Crippen molar-refractivity contribution in [2.45, 2.75) is 6.54 Å². The van der Waals surface area contributed by atoms with Gasteiger partial charge in [0.05, 0.1) is 6.61 Å². The Hall–Kier alpha value is -1.06. The molecule has 0 heterocycles. The third kappa shape index (κ3) is 2.90. The standard InChI is InChI=1S/C9H13N2O/c10-9-3-1-2-8(6-9)7-11-4-5-12/h1,3,6,11-12H,4-5,7,10H2.